The van der Waals surface area contributed by atoms with E-state index in [-0.39, 0.29) is 23.1 Å². The highest BCUT2D eigenvalue weighted by Crippen LogP contribution is 2.27. The Bertz CT molecular complexity index is 1120. The lowest BCUT2D eigenvalue weighted by molar-refractivity contribution is -0.144. The lowest BCUT2D eigenvalue weighted by atomic mass is 9.90. The topological polar surface area (TPSA) is 58.4 Å². The van der Waals surface area contributed by atoms with Crippen LogP contribution in [-0.4, -0.2) is 51.5 Å². The Morgan fingerprint density at radius 1 is 0.971 bits per heavy atom. The third-order valence-electron chi connectivity index (χ3n) is 6.41. The smallest absolute Gasteiger partial charge is 0.227 e. The Balaban J connectivity index is 1.49. The number of carbonyl (C=O) groups is 2. The van der Waals surface area contributed by atoms with Crippen molar-refractivity contribution in [3.63, 3.8) is 0 Å². The molecule has 4 rings (SSSR count). The molecule has 0 atom stereocenters. The molecule has 178 valence electrons. The number of hydrogen-bond donors (Lipinski definition) is 0. The first-order valence-electron chi connectivity index (χ1n) is 12.0. The van der Waals surface area contributed by atoms with E-state index < -0.39 is 0 Å². The van der Waals surface area contributed by atoms with Crippen LogP contribution in [0.1, 0.15) is 39.2 Å². The predicted molar refractivity (Wildman–Crippen MR) is 134 cm³/mol. The van der Waals surface area contributed by atoms with Crippen LogP contribution >= 0.6 is 0 Å². The predicted octanol–water partition coefficient (Wildman–Crippen LogP) is 4.78. The van der Waals surface area contributed by atoms with Crippen LogP contribution in [0.15, 0.2) is 66.9 Å². The van der Waals surface area contributed by atoms with Crippen LogP contribution in [0.3, 0.4) is 0 Å². The second-order valence-corrected chi connectivity index (χ2v) is 10.2. The highest BCUT2D eigenvalue weighted by Gasteiger charge is 2.33. The van der Waals surface area contributed by atoms with Crippen molar-refractivity contribution in [2.45, 2.75) is 40.2 Å². The molecule has 1 saturated heterocycles. The van der Waals surface area contributed by atoms with Gasteiger partial charge >= 0.3 is 0 Å². The highest BCUT2D eigenvalue weighted by atomic mass is 16.2. The number of para-hydroxylation sites is 1. The van der Waals surface area contributed by atoms with Crippen LogP contribution in [0, 0.1) is 11.3 Å². The summed E-state index contributed by atoms with van der Waals surface area (Å²) in [4.78, 5) is 29.6. The zero-order chi connectivity index (χ0) is 24.3. The molecular formula is C28H34N4O2. The summed E-state index contributed by atoms with van der Waals surface area (Å²) in [6.45, 7) is 7.60. The SMILES string of the molecule is CN(Cc1cn(-c2ccccc2)nc1-c1ccccc1)C(=O)C1CCN(C(=O)C(C)(C)C)CC1. The summed E-state index contributed by atoms with van der Waals surface area (Å²) >= 11 is 0. The summed E-state index contributed by atoms with van der Waals surface area (Å²) in [6.07, 6.45) is 3.44. The van der Waals surface area contributed by atoms with Gasteiger partial charge in [0.15, 0.2) is 0 Å². The molecule has 1 aliphatic rings. The maximum atomic E-state index is 13.3. The Labute approximate surface area is 202 Å². The Kier molecular flexibility index (Phi) is 6.87. The largest absolute Gasteiger partial charge is 0.342 e. The van der Waals surface area contributed by atoms with Crippen LogP contribution in [-0.2, 0) is 16.1 Å². The molecule has 0 N–H and O–H groups in total. The standard InChI is InChI=1S/C28H34N4O2/c1-28(2,3)27(34)31-17-15-22(16-18-31)26(33)30(4)19-23-20-32(24-13-9-6-10-14-24)29-25(23)21-11-7-5-8-12-21/h5-14,20,22H,15-19H2,1-4H3. The van der Waals surface area contributed by atoms with Crippen molar-refractivity contribution in [1.29, 1.82) is 0 Å². The second-order valence-electron chi connectivity index (χ2n) is 10.2. The van der Waals surface area contributed by atoms with Gasteiger partial charge in [-0.1, -0.05) is 69.3 Å². The van der Waals surface area contributed by atoms with E-state index in [9.17, 15) is 9.59 Å². The molecule has 0 bridgehead atoms. The number of aromatic nitrogens is 2. The fraction of sp³-hybridized carbons (Fsp3) is 0.393. The maximum Gasteiger partial charge on any atom is 0.227 e. The molecule has 1 aliphatic heterocycles. The van der Waals surface area contributed by atoms with E-state index in [0.29, 0.717) is 32.5 Å². The van der Waals surface area contributed by atoms with E-state index in [4.69, 9.17) is 5.10 Å². The molecule has 3 aromatic rings. The molecule has 0 aliphatic carbocycles. The van der Waals surface area contributed by atoms with Crippen LogP contribution in [0.25, 0.3) is 16.9 Å². The highest BCUT2D eigenvalue weighted by molar-refractivity contribution is 5.83. The third-order valence-corrected chi connectivity index (χ3v) is 6.41. The molecule has 2 heterocycles. The van der Waals surface area contributed by atoms with Gasteiger partial charge in [0, 0.05) is 55.3 Å². The van der Waals surface area contributed by atoms with Crippen molar-refractivity contribution < 1.29 is 9.59 Å². The molecule has 2 aromatic carbocycles. The number of hydrogen-bond acceptors (Lipinski definition) is 3. The van der Waals surface area contributed by atoms with Gasteiger partial charge in [-0.2, -0.15) is 5.10 Å². The Morgan fingerprint density at radius 3 is 2.15 bits per heavy atom. The lowest BCUT2D eigenvalue weighted by Gasteiger charge is -2.36. The first-order valence-corrected chi connectivity index (χ1v) is 12.0. The van der Waals surface area contributed by atoms with Crippen molar-refractivity contribution >= 4 is 11.8 Å². The summed E-state index contributed by atoms with van der Waals surface area (Å²) in [7, 11) is 1.86. The van der Waals surface area contributed by atoms with Gasteiger partial charge in [-0.15, -0.1) is 0 Å². The minimum absolute atomic E-state index is 0.0571. The average molecular weight is 459 g/mol. The number of benzene rings is 2. The normalized spacial score (nSPS) is 14.8. The molecule has 1 aromatic heterocycles. The second kappa shape index (κ2) is 9.84. The first kappa shape index (κ1) is 23.7. The van der Waals surface area contributed by atoms with Crippen molar-refractivity contribution in [3.8, 4) is 16.9 Å². The number of carbonyl (C=O) groups excluding carboxylic acids is 2. The molecule has 0 spiro atoms. The van der Waals surface area contributed by atoms with E-state index in [1.165, 1.54) is 0 Å². The number of piperidine rings is 1. The molecule has 1 fully saturated rings. The van der Waals surface area contributed by atoms with E-state index in [1.54, 1.807) is 0 Å². The van der Waals surface area contributed by atoms with Gasteiger partial charge in [-0.25, -0.2) is 4.68 Å². The molecule has 0 radical (unpaired) electrons. The Hall–Kier alpha value is -3.41. The number of rotatable bonds is 5. The quantitative estimate of drug-likeness (QED) is 0.553. The third kappa shape index (κ3) is 5.22. The molecule has 0 unspecified atom stereocenters. The van der Waals surface area contributed by atoms with Crippen molar-refractivity contribution in [1.82, 2.24) is 19.6 Å². The van der Waals surface area contributed by atoms with Gasteiger partial charge in [0.05, 0.1) is 11.4 Å². The van der Waals surface area contributed by atoms with Gasteiger partial charge in [0.2, 0.25) is 11.8 Å². The summed E-state index contributed by atoms with van der Waals surface area (Å²) in [6, 6.07) is 20.1. The van der Waals surface area contributed by atoms with E-state index in [0.717, 1.165) is 22.5 Å². The fourth-order valence-electron chi connectivity index (χ4n) is 4.53. The molecule has 34 heavy (non-hydrogen) atoms. The monoisotopic (exact) mass is 458 g/mol. The summed E-state index contributed by atoms with van der Waals surface area (Å²) in [5.41, 5.74) is 3.51. The van der Waals surface area contributed by atoms with Crippen LogP contribution in [0.5, 0.6) is 0 Å². The van der Waals surface area contributed by atoms with Gasteiger partial charge in [0.25, 0.3) is 0 Å². The minimum atomic E-state index is -0.389. The van der Waals surface area contributed by atoms with Crippen molar-refractivity contribution in [2.75, 3.05) is 20.1 Å². The molecular weight excluding hydrogens is 424 g/mol. The minimum Gasteiger partial charge on any atom is -0.342 e. The van der Waals surface area contributed by atoms with Crippen molar-refractivity contribution in [2.24, 2.45) is 11.3 Å². The maximum absolute atomic E-state index is 13.3. The van der Waals surface area contributed by atoms with Gasteiger partial charge in [-0.3, -0.25) is 9.59 Å². The van der Waals surface area contributed by atoms with Crippen LogP contribution < -0.4 is 0 Å². The lowest BCUT2D eigenvalue weighted by Crippen LogP contribution is -2.46. The summed E-state index contributed by atoms with van der Waals surface area (Å²) in [5, 5.41) is 4.86. The number of nitrogens with zero attached hydrogens (tertiary/aromatic N) is 4. The van der Waals surface area contributed by atoms with E-state index in [2.05, 4.69) is 0 Å². The van der Waals surface area contributed by atoms with Gasteiger partial charge < -0.3 is 9.80 Å². The fourth-order valence-corrected chi connectivity index (χ4v) is 4.53. The van der Waals surface area contributed by atoms with Crippen molar-refractivity contribution in [3.05, 3.63) is 72.4 Å². The van der Waals surface area contributed by atoms with E-state index >= 15 is 0 Å². The molecule has 6 nitrogen and oxygen atoms in total. The summed E-state index contributed by atoms with van der Waals surface area (Å²) in [5.74, 6) is 0.236. The number of amides is 2. The van der Waals surface area contributed by atoms with Crippen LogP contribution in [0.2, 0.25) is 0 Å². The molecule has 6 heteroatoms. The first-order chi connectivity index (χ1) is 16.2. The number of likely N-dealkylation sites (tertiary alicyclic amines) is 1. The zero-order valence-corrected chi connectivity index (χ0v) is 20.6. The average Bonchev–Trinajstić information content (AvgIpc) is 3.27. The van der Waals surface area contributed by atoms with Crippen LogP contribution in [0.4, 0.5) is 0 Å². The Morgan fingerprint density at radius 2 is 1.56 bits per heavy atom. The summed E-state index contributed by atoms with van der Waals surface area (Å²) < 4.78 is 1.88. The van der Waals surface area contributed by atoms with E-state index in [1.807, 2.05) is 109 Å². The van der Waals surface area contributed by atoms with Gasteiger partial charge in [0.1, 0.15) is 0 Å². The molecule has 0 saturated carbocycles. The zero-order valence-electron chi connectivity index (χ0n) is 20.6. The van der Waals surface area contributed by atoms with Gasteiger partial charge in [-0.05, 0) is 25.0 Å². The molecule has 2 amide bonds.